The molecule has 0 amide bonds. The molecule has 3 heterocycles. The molecule has 1 saturated heterocycles. The van der Waals surface area contributed by atoms with Gasteiger partial charge in [-0.15, -0.1) is 0 Å². The number of rotatable bonds is 4. The largest absolute Gasteiger partial charge is 0.472 e. The van der Waals surface area contributed by atoms with Gasteiger partial charge in [-0.2, -0.15) is 0 Å². The van der Waals surface area contributed by atoms with Crippen molar-refractivity contribution in [3.05, 3.63) is 54.3 Å². The molecular weight excluding hydrogens is 460 g/mol. The summed E-state index contributed by atoms with van der Waals surface area (Å²) in [6, 6.07) is 1.66. The van der Waals surface area contributed by atoms with Crippen LogP contribution in [0, 0.1) is 23.2 Å². The first-order valence-electron chi connectivity index (χ1n) is 11.1. The van der Waals surface area contributed by atoms with Crippen LogP contribution in [-0.4, -0.2) is 41.3 Å². The van der Waals surface area contributed by atoms with Crippen LogP contribution in [0.1, 0.15) is 48.4 Å². The molecule has 0 bridgehead atoms. The number of nitrogens with two attached hydrogens (primary N) is 1. The highest BCUT2D eigenvalue weighted by Crippen LogP contribution is 2.59. The van der Waals surface area contributed by atoms with Gasteiger partial charge in [-0.05, 0) is 30.4 Å². The Labute approximate surface area is 199 Å². The molecule has 2 fully saturated rings. The second kappa shape index (κ2) is 8.19. The molecule has 3 aliphatic rings. The number of hydrogen-bond donors (Lipinski definition) is 1. The van der Waals surface area contributed by atoms with Gasteiger partial charge in [0.05, 0.1) is 43.6 Å². The normalized spacial score (nSPS) is 34.2. The number of methoxy groups -OCH3 is 1. The predicted octanol–water partition coefficient (Wildman–Crippen LogP) is 2.10. The third-order valence-electron chi connectivity index (χ3n) is 7.64. The summed E-state index contributed by atoms with van der Waals surface area (Å²) >= 11 is 0. The summed E-state index contributed by atoms with van der Waals surface area (Å²) in [6.45, 7) is 1.78. The summed E-state index contributed by atoms with van der Waals surface area (Å²) in [5.41, 5.74) is 5.20. The van der Waals surface area contributed by atoms with Crippen molar-refractivity contribution in [2.75, 3.05) is 7.11 Å². The molecule has 0 spiro atoms. The average Bonchev–Trinajstić information content (AvgIpc) is 3.54. The lowest BCUT2D eigenvalue weighted by molar-refractivity contribution is -0.185. The summed E-state index contributed by atoms with van der Waals surface area (Å²) in [5, 5.41) is 0. The van der Waals surface area contributed by atoms with Crippen molar-refractivity contribution in [3.8, 4) is 0 Å². The van der Waals surface area contributed by atoms with E-state index in [1.165, 1.54) is 25.7 Å². The van der Waals surface area contributed by atoms with Crippen LogP contribution >= 0.6 is 0 Å². The first kappa shape index (κ1) is 23.0. The molecule has 0 radical (unpaired) electrons. The number of esters is 3. The van der Waals surface area contributed by atoms with Crippen LogP contribution in [0.15, 0.2) is 51.9 Å². The summed E-state index contributed by atoms with van der Waals surface area (Å²) in [5.74, 6) is -5.99. The molecule has 0 aromatic carbocycles. The molecule has 6 atom stereocenters. The van der Waals surface area contributed by atoms with Crippen LogP contribution in [0.25, 0.3) is 0 Å². The topological polar surface area (TPSA) is 161 Å². The average molecular weight is 484 g/mol. The minimum Gasteiger partial charge on any atom is -0.472 e. The van der Waals surface area contributed by atoms with E-state index in [9.17, 15) is 19.2 Å². The number of cyclic esters (lactones) is 1. The Morgan fingerprint density at radius 3 is 2.74 bits per heavy atom. The monoisotopic (exact) mass is 484 g/mol. The van der Waals surface area contributed by atoms with Gasteiger partial charge < -0.3 is 28.8 Å². The van der Waals surface area contributed by atoms with Crippen LogP contribution in [0.4, 0.5) is 0 Å². The van der Waals surface area contributed by atoms with E-state index >= 15 is 0 Å². The van der Waals surface area contributed by atoms with Crippen LogP contribution < -0.4 is 5.73 Å². The number of ketones is 1. The molecular formula is C24H24N2O9. The quantitative estimate of drug-likeness (QED) is 0.500. The molecule has 1 saturated carbocycles. The zero-order chi connectivity index (χ0) is 25.0. The molecule has 2 aliphatic carbocycles. The number of carbonyl (C=O) groups excluding carboxylic acids is 4. The fraction of sp³-hybridized carbons (Fsp3) is 0.458. The van der Waals surface area contributed by atoms with Gasteiger partial charge in [0.15, 0.2) is 12.2 Å². The smallest absolute Gasteiger partial charge is 0.381 e. The zero-order valence-corrected chi connectivity index (χ0v) is 19.1. The summed E-state index contributed by atoms with van der Waals surface area (Å²) < 4.78 is 26.1. The zero-order valence-electron chi connectivity index (χ0n) is 19.1. The Morgan fingerprint density at radius 1 is 1.29 bits per heavy atom. The van der Waals surface area contributed by atoms with Gasteiger partial charge >= 0.3 is 17.9 Å². The maximum absolute atomic E-state index is 13.9. The molecule has 1 aliphatic heterocycles. The minimum atomic E-state index is -1.38. The Hall–Kier alpha value is -3.73. The lowest BCUT2D eigenvalue weighted by atomic mass is 9.47. The second-order valence-electron chi connectivity index (χ2n) is 9.48. The SMILES string of the molecule is COC(=O)[C@@H]1C=C(OC(=O)c2cnco2)C(=O)[C@H]2[C@@]1(C)CC[C@H]1C(=O)O[C@H](c3ccoc3)C[C@@]12N. The predicted molar refractivity (Wildman–Crippen MR) is 114 cm³/mol. The van der Waals surface area contributed by atoms with Crippen LogP contribution in [0.2, 0.25) is 0 Å². The number of carbonyl (C=O) groups is 4. The number of aromatic nitrogens is 1. The molecule has 184 valence electrons. The van der Waals surface area contributed by atoms with Crippen molar-refractivity contribution in [2.45, 2.75) is 37.8 Å². The minimum absolute atomic E-state index is 0.117. The van der Waals surface area contributed by atoms with Gasteiger partial charge in [0.1, 0.15) is 6.10 Å². The van der Waals surface area contributed by atoms with Crippen LogP contribution in [-0.2, 0) is 28.6 Å². The maximum Gasteiger partial charge on any atom is 0.381 e. The summed E-state index contributed by atoms with van der Waals surface area (Å²) in [7, 11) is 1.24. The molecule has 2 aromatic heterocycles. The van der Waals surface area contributed by atoms with Gasteiger partial charge in [-0.1, -0.05) is 6.92 Å². The fourth-order valence-electron chi connectivity index (χ4n) is 5.97. The van der Waals surface area contributed by atoms with Crippen LogP contribution in [0.5, 0.6) is 0 Å². The first-order chi connectivity index (χ1) is 16.7. The van der Waals surface area contributed by atoms with E-state index in [4.69, 9.17) is 28.8 Å². The highest BCUT2D eigenvalue weighted by molar-refractivity contribution is 6.03. The number of fused-ring (bicyclic) bond motifs is 3. The number of ether oxygens (including phenoxy) is 3. The number of Topliss-reactive ketones (excluding diaryl/α,β-unsaturated/α-hetero) is 1. The van der Waals surface area contributed by atoms with Gasteiger partial charge in [-0.3, -0.25) is 14.4 Å². The van der Waals surface area contributed by atoms with Gasteiger partial charge in [0, 0.05) is 17.5 Å². The van der Waals surface area contributed by atoms with E-state index in [0.717, 1.165) is 12.6 Å². The van der Waals surface area contributed by atoms with E-state index < -0.39 is 58.5 Å². The molecule has 2 aromatic rings. The Kier molecular flexibility index (Phi) is 5.39. The molecule has 35 heavy (non-hydrogen) atoms. The van der Waals surface area contributed by atoms with E-state index in [1.54, 1.807) is 13.0 Å². The lowest BCUT2D eigenvalue weighted by Gasteiger charge is -2.58. The fourth-order valence-corrected chi connectivity index (χ4v) is 5.97. The highest BCUT2D eigenvalue weighted by Gasteiger charge is 2.67. The van der Waals surface area contributed by atoms with Crippen molar-refractivity contribution < 1.29 is 42.2 Å². The summed E-state index contributed by atoms with van der Waals surface area (Å²) in [6.07, 6.45) is 6.43. The Bertz CT molecular complexity index is 1200. The highest BCUT2D eigenvalue weighted by atomic mass is 16.6. The third-order valence-corrected chi connectivity index (χ3v) is 7.64. The van der Waals surface area contributed by atoms with E-state index in [2.05, 4.69) is 4.98 Å². The lowest BCUT2D eigenvalue weighted by Crippen LogP contribution is -2.70. The van der Waals surface area contributed by atoms with Crippen molar-refractivity contribution in [2.24, 2.45) is 28.9 Å². The van der Waals surface area contributed by atoms with Crippen molar-refractivity contribution in [1.29, 1.82) is 0 Å². The molecule has 2 N–H and O–H groups in total. The van der Waals surface area contributed by atoms with Crippen molar-refractivity contribution >= 4 is 23.7 Å². The maximum atomic E-state index is 13.9. The van der Waals surface area contributed by atoms with Gasteiger partial charge in [0.2, 0.25) is 11.5 Å². The van der Waals surface area contributed by atoms with E-state index in [0.29, 0.717) is 18.4 Å². The van der Waals surface area contributed by atoms with E-state index in [-0.39, 0.29) is 17.9 Å². The molecule has 11 nitrogen and oxygen atoms in total. The Balaban J connectivity index is 1.58. The molecule has 11 heteroatoms. The standard InChI is InChI=1S/C24H24N2O9/c1-23-5-3-13-21(29)35-16(12-4-6-32-10-12)8-24(13,25)19(23)18(27)15(7-14(23)20(28)31-2)34-22(30)17-9-26-11-33-17/h4,6-7,9-11,13-14,16,19H,3,5,8,25H2,1-2H3/t13-,14-,16-,19-,23-,24+/m0/s1. The second-order valence-corrected chi connectivity index (χ2v) is 9.48. The molecule has 0 unspecified atom stereocenters. The van der Waals surface area contributed by atoms with Crippen molar-refractivity contribution in [1.82, 2.24) is 4.98 Å². The van der Waals surface area contributed by atoms with Gasteiger partial charge in [0.25, 0.3) is 0 Å². The number of furan rings is 1. The van der Waals surface area contributed by atoms with Crippen molar-refractivity contribution in [3.63, 3.8) is 0 Å². The number of hydrogen-bond acceptors (Lipinski definition) is 11. The number of nitrogens with zero attached hydrogens (tertiary/aromatic N) is 1. The number of allylic oxidation sites excluding steroid dienone is 1. The first-order valence-corrected chi connectivity index (χ1v) is 11.1. The van der Waals surface area contributed by atoms with E-state index in [1.807, 2.05) is 0 Å². The van der Waals surface area contributed by atoms with Gasteiger partial charge in [-0.25, -0.2) is 9.78 Å². The third kappa shape index (κ3) is 3.49. The summed E-state index contributed by atoms with van der Waals surface area (Å²) in [4.78, 5) is 56.0. The number of oxazole rings is 1. The molecule has 5 rings (SSSR count). The van der Waals surface area contributed by atoms with Crippen LogP contribution in [0.3, 0.4) is 0 Å². The Morgan fingerprint density at radius 2 is 2.09 bits per heavy atom.